The number of hydrogen-bond donors (Lipinski definition) is 2. The molecule has 1 saturated heterocycles. The maximum Gasteiger partial charge on any atom is 0.272 e. The van der Waals surface area contributed by atoms with E-state index in [9.17, 15) is 18.4 Å². The molecule has 1 atom stereocenters. The van der Waals surface area contributed by atoms with E-state index < -0.39 is 5.92 Å². The third-order valence-electron chi connectivity index (χ3n) is 8.47. The van der Waals surface area contributed by atoms with Crippen molar-refractivity contribution in [2.24, 2.45) is 5.92 Å². The molecule has 2 N–H and O–H groups in total. The lowest BCUT2D eigenvalue weighted by molar-refractivity contribution is -0.151. The van der Waals surface area contributed by atoms with Gasteiger partial charge in [-0.05, 0) is 70.8 Å². The van der Waals surface area contributed by atoms with E-state index in [0.29, 0.717) is 17.0 Å². The van der Waals surface area contributed by atoms with Gasteiger partial charge in [0.2, 0.25) is 0 Å². The van der Waals surface area contributed by atoms with Crippen molar-refractivity contribution < 1.29 is 13.6 Å². The number of aromatic nitrogens is 2. The molecule has 5 rings (SSSR count). The monoisotopic (exact) mass is 542 g/mol. The SMILES string of the molecule is CSc1cc(C)[nH]c(=O)c1CNC(=O)c1c(C)n([C@H](C)C2CCC(N3CC(F)(F)C3)CC2)c2ccccc12. The Bertz CT molecular complexity index is 1400. The predicted molar refractivity (Wildman–Crippen MR) is 148 cm³/mol. The zero-order valence-corrected chi connectivity index (χ0v) is 23.3. The van der Waals surface area contributed by atoms with Crippen LogP contribution >= 0.6 is 11.8 Å². The lowest BCUT2D eigenvalue weighted by atomic mass is 9.80. The third-order valence-corrected chi connectivity index (χ3v) is 9.28. The first-order chi connectivity index (χ1) is 18.1. The van der Waals surface area contributed by atoms with E-state index >= 15 is 0 Å². The summed E-state index contributed by atoms with van der Waals surface area (Å²) in [4.78, 5) is 31.7. The number of amides is 1. The highest BCUT2D eigenvalue weighted by Gasteiger charge is 2.47. The van der Waals surface area contributed by atoms with Crippen LogP contribution in [0.15, 0.2) is 40.0 Å². The summed E-state index contributed by atoms with van der Waals surface area (Å²) in [5, 5.41) is 3.90. The molecule has 9 heteroatoms. The fourth-order valence-corrected chi connectivity index (χ4v) is 7.17. The maximum atomic E-state index is 13.5. The Morgan fingerprint density at radius 1 is 1.18 bits per heavy atom. The van der Waals surface area contributed by atoms with E-state index in [2.05, 4.69) is 27.9 Å². The molecule has 1 aliphatic carbocycles. The van der Waals surface area contributed by atoms with Gasteiger partial charge in [0.05, 0.1) is 18.7 Å². The number of fused-ring (bicyclic) bond motifs is 1. The fourth-order valence-electron chi connectivity index (χ4n) is 6.46. The van der Waals surface area contributed by atoms with Gasteiger partial charge in [-0.25, -0.2) is 8.78 Å². The summed E-state index contributed by atoms with van der Waals surface area (Å²) in [7, 11) is 0. The third kappa shape index (κ3) is 5.02. The standard InChI is InChI=1S/C29H36F2N4O2S/c1-17-13-25(38-4)23(27(36)33-17)14-32-28(37)26-19(3)35(24-8-6-5-7-22(24)26)18(2)20-9-11-21(12-10-20)34-15-29(30,31)16-34/h5-8,13,18,20-21H,9-12,14-16H2,1-4H3,(H,32,37)(H,33,36)/t18-,20?,21?/m1/s1. The number of aryl methyl sites for hydroxylation is 1. The van der Waals surface area contributed by atoms with Gasteiger partial charge in [-0.1, -0.05) is 18.2 Å². The van der Waals surface area contributed by atoms with Gasteiger partial charge in [-0.2, -0.15) is 0 Å². The van der Waals surface area contributed by atoms with Gasteiger partial charge in [-0.3, -0.25) is 14.5 Å². The zero-order chi connectivity index (χ0) is 27.2. The summed E-state index contributed by atoms with van der Waals surface area (Å²) in [6.45, 7) is 5.98. The highest BCUT2D eigenvalue weighted by atomic mass is 32.2. The Morgan fingerprint density at radius 3 is 2.53 bits per heavy atom. The van der Waals surface area contributed by atoms with Crippen LogP contribution in [0, 0.1) is 19.8 Å². The van der Waals surface area contributed by atoms with E-state index in [1.165, 1.54) is 11.8 Å². The Morgan fingerprint density at radius 2 is 1.87 bits per heavy atom. The molecule has 38 heavy (non-hydrogen) atoms. The van der Waals surface area contributed by atoms with Crippen LogP contribution in [0.2, 0.25) is 0 Å². The van der Waals surface area contributed by atoms with Crippen LogP contribution in [-0.2, 0) is 6.54 Å². The lowest BCUT2D eigenvalue weighted by Gasteiger charge is -2.46. The first-order valence-corrected chi connectivity index (χ1v) is 14.6. The van der Waals surface area contributed by atoms with Gasteiger partial charge in [-0.15, -0.1) is 11.8 Å². The highest BCUT2D eigenvalue weighted by Crippen LogP contribution is 2.41. The average Bonchev–Trinajstić information content (AvgIpc) is 3.17. The number of aromatic amines is 1. The number of benzene rings is 1. The number of nitrogens with one attached hydrogen (secondary N) is 2. The van der Waals surface area contributed by atoms with E-state index in [0.717, 1.165) is 52.9 Å². The number of pyridine rings is 1. The van der Waals surface area contributed by atoms with E-state index in [4.69, 9.17) is 0 Å². The summed E-state index contributed by atoms with van der Waals surface area (Å²) >= 11 is 1.49. The number of H-pyrrole nitrogens is 1. The number of nitrogens with zero attached hydrogens (tertiary/aromatic N) is 2. The number of rotatable bonds is 7. The summed E-state index contributed by atoms with van der Waals surface area (Å²) in [5.41, 5.74) is 3.73. The fraction of sp³-hybridized carbons (Fsp3) is 0.517. The van der Waals surface area contributed by atoms with Crippen LogP contribution in [0.1, 0.15) is 66.0 Å². The normalized spacial score (nSPS) is 22.3. The van der Waals surface area contributed by atoms with Crippen LogP contribution in [0.5, 0.6) is 0 Å². The quantitative estimate of drug-likeness (QED) is 0.378. The number of carbonyl (C=O) groups is 1. The Kier molecular flexibility index (Phi) is 7.44. The number of carbonyl (C=O) groups excluding carboxylic acids is 1. The summed E-state index contributed by atoms with van der Waals surface area (Å²) in [6, 6.07) is 10.3. The molecule has 0 unspecified atom stereocenters. The Balaban J connectivity index is 1.35. The molecule has 204 valence electrons. The number of alkyl halides is 2. The number of hydrogen-bond acceptors (Lipinski definition) is 4. The second-order valence-corrected chi connectivity index (χ2v) is 11.8. The predicted octanol–water partition coefficient (Wildman–Crippen LogP) is 5.67. The van der Waals surface area contributed by atoms with E-state index in [1.54, 1.807) is 0 Å². The molecule has 2 aromatic heterocycles. The maximum absolute atomic E-state index is 13.5. The van der Waals surface area contributed by atoms with Crippen molar-refractivity contribution in [3.8, 4) is 0 Å². The molecule has 3 heterocycles. The van der Waals surface area contributed by atoms with Crippen LogP contribution in [0.25, 0.3) is 10.9 Å². The minimum atomic E-state index is -2.52. The first-order valence-electron chi connectivity index (χ1n) is 13.4. The number of likely N-dealkylation sites (tertiary alicyclic amines) is 1. The van der Waals surface area contributed by atoms with Crippen molar-refractivity contribution in [1.82, 2.24) is 19.8 Å². The van der Waals surface area contributed by atoms with E-state index in [-0.39, 0.29) is 43.2 Å². The molecule has 1 amide bonds. The first kappa shape index (κ1) is 26.9. The van der Waals surface area contributed by atoms with Gasteiger partial charge < -0.3 is 14.9 Å². The molecule has 3 aromatic rings. The molecular formula is C29H36F2N4O2S. The topological polar surface area (TPSA) is 70.1 Å². The molecule has 1 saturated carbocycles. The lowest BCUT2D eigenvalue weighted by Crippen LogP contribution is -2.60. The second-order valence-electron chi connectivity index (χ2n) is 10.9. The second kappa shape index (κ2) is 10.5. The molecule has 2 aliphatic rings. The van der Waals surface area contributed by atoms with Gasteiger partial charge in [0.15, 0.2) is 0 Å². The Hall–Kier alpha value is -2.65. The largest absolute Gasteiger partial charge is 0.348 e. The van der Waals surface area contributed by atoms with Crippen LogP contribution < -0.4 is 10.9 Å². The van der Waals surface area contributed by atoms with Gasteiger partial charge in [0.25, 0.3) is 17.4 Å². The smallest absolute Gasteiger partial charge is 0.272 e. The van der Waals surface area contributed by atoms with Gasteiger partial charge in [0.1, 0.15) is 0 Å². The molecule has 1 aliphatic heterocycles. The number of para-hydroxylation sites is 1. The van der Waals surface area contributed by atoms with Crippen molar-refractivity contribution in [3.05, 3.63) is 63.2 Å². The zero-order valence-electron chi connectivity index (χ0n) is 22.4. The van der Waals surface area contributed by atoms with Crippen molar-refractivity contribution in [2.45, 2.75) is 75.9 Å². The summed E-state index contributed by atoms with van der Waals surface area (Å²) < 4.78 is 29.0. The minimum absolute atomic E-state index is 0.107. The van der Waals surface area contributed by atoms with Crippen molar-refractivity contribution in [1.29, 1.82) is 0 Å². The molecular weight excluding hydrogens is 506 g/mol. The molecule has 0 bridgehead atoms. The Labute approximate surface area is 226 Å². The van der Waals surface area contributed by atoms with E-state index in [1.807, 2.05) is 49.3 Å². The van der Waals surface area contributed by atoms with Crippen LogP contribution in [0.4, 0.5) is 8.78 Å². The van der Waals surface area contributed by atoms with Crippen LogP contribution in [0.3, 0.4) is 0 Å². The van der Waals surface area contributed by atoms with Gasteiger partial charge in [0, 0.05) is 51.4 Å². The average molecular weight is 543 g/mol. The minimum Gasteiger partial charge on any atom is -0.348 e. The number of halogens is 2. The molecule has 0 radical (unpaired) electrons. The summed E-state index contributed by atoms with van der Waals surface area (Å²) in [5.74, 6) is -2.31. The van der Waals surface area contributed by atoms with Crippen molar-refractivity contribution in [3.63, 3.8) is 0 Å². The van der Waals surface area contributed by atoms with Gasteiger partial charge >= 0.3 is 0 Å². The molecule has 1 aromatic carbocycles. The molecule has 6 nitrogen and oxygen atoms in total. The summed E-state index contributed by atoms with van der Waals surface area (Å²) in [6.07, 6.45) is 5.74. The van der Waals surface area contributed by atoms with Crippen molar-refractivity contribution >= 4 is 28.6 Å². The van der Waals surface area contributed by atoms with Crippen LogP contribution in [-0.4, -0.2) is 51.7 Å². The highest BCUT2D eigenvalue weighted by molar-refractivity contribution is 7.98. The molecule has 0 spiro atoms. The van der Waals surface area contributed by atoms with Crippen molar-refractivity contribution in [2.75, 3.05) is 19.3 Å². The molecule has 2 fully saturated rings. The number of thioether (sulfide) groups is 1.